The monoisotopic (exact) mass is 234 g/mol. The van der Waals surface area contributed by atoms with Crippen LogP contribution in [0.25, 0.3) is 0 Å². The Hall–Kier alpha value is -1.55. The van der Waals surface area contributed by atoms with Crippen molar-refractivity contribution >= 4 is 11.6 Å². The fourth-order valence-corrected chi connectivity index (χ4v) is 2.15. The van der Waals surface area contributed by atoms with Crippen LogP contribution in [0.2, 0.25) is 0 Å². The van der Waals surface area contributed by atoms with Gasteiger partial charge in [-0.05, 0) is 33.0 Å². The highest BCUT2D eigenvalue weighted by Crippen LogP contribution is 2.34. The molecule has 0 saturated carbocycles. The van der Waals surface area contributed by atoms with Crippen LogP contribution in [0.5, 0.6) is 5.75 Å². The number of hydrogen-bond acceptors (Lipinski definition) is 3. The van der Waals surface area contributed by atoms with Crippen molar-refractivity contribution in [1.29, 1.82) is 0 Å². The van der Waals surface area contributed by atoms with Gasteiger partial charge in [0.05, 0.1) is 5.69 Å². The van der Waals surface area contributed by atoms with Gasteiger partial charge in [-0.25, -0.2) is 0 Å². The standard InChI is InChI=1S/C13H18N2O2/c1-9(8-14-3)15-11-6-4-5-7-12(11)17-10(2)13(15)16/h4-7,9-10,14H,8H2,1-3H3. The lowest BCUT2D eigenvalue weighted by Gasteiger charge is -2.36. The van der Waals surface area contributed by atoms with E-state index in [0.29, 0.717) is 0 Å². The van der Waals surface area contributed by atoms with Crippen molar-refractivity contribution in [3.05, 3.63) is 24.3 Å². The second-order valence-electron chi connectivity index (χ2n) is 4.34. The van der Waals surface area contributed by atoms with E-state index >= 15 is 0 Å². The van der Waals surface area contributed by atoms with E-state index in [9.17, 15) is 4.79 Å². The van der Waals surface area contributed by atoms with E-state index in [4.69, 9.17) is 4.74 Å². The van der Waals surface area contributed by atoms with Gasteiger partial charge in [0.15, 0.2) is 6.10 Å². The van der Waals surface area contributed by atoms with Gasteiger partial charge < -0.3 is 15.0 Å². The van der Waals surface area contributed by atoms with Crippen LogP contribution in [0.1, 0.15) is 13.8 Å². The molecule has 1 aromatic carbocycles. The summed E-state index contributed by atoms with van der Waals surface area (Å²) in [6, 6.07) is 7.77. The molecule has 1 heterocycles. The smallest absolute Gasteiger partial charge is 0.268 e. The first-order valence-corrected chi connectivity index (χ1v) is 5.88. The summed E-state index contributed by atoms with van der Waals surface area (Å²) in [6.45, 7) is 4.58. The highest BCUT2D eigenvalue weighted by Gasteiger charge is 2.33. The molecule has 4 heteroatoms. The maximum atomic E-state index is 12.2. The molecule has 1 aliphatic heterocycles. The highest BCUT2D eigenvalue weighted by atomic mass is 16.5. The number of likely N-dealkylation sites (N-methyl/N-ethyl adjacent to an activating group) is 1. The van der Waals surface area contributed by atoms with E-state index in [2.05, 4.69) is 5.32 Å². The fraction of sp³-hybridized carbons (Fsp3) is 0.462. The quantitative estimate of drug-likeness (QED) is 0.859. The molecule has 0 bridgehead atoms. The third-order valence-corrected chi connectivity index (χ3v) is 2.95. The minimum Gasteiger partial charge on any atom is -0.479 e. The van der Waals surface area contributed by atoms with E-state index < -0.39 is 6.10 Å². The van der Waals surface area contributed by atoms with Crippen molar-refractivity contribution in [3.63, 3.8) is 0 Å². The average Bonchev–Trinajstić information content (AvgIpc) is 2.31. The van der Waals surface area contributed by atoms with Crippen LogP contribution in [0, 0.1) is 0 Å². The minimum absolute atomic E-state index is 0.0199. The summed E-state index contributed by atoms with van der Waals surface area (Å²) < 4.78 is 5.59. The molecule has 92 valence electrons. The molecule has 2 rings (SSSR count). The lowest BCUT2D eigenvalue weighted by atomic mass is 10.1. The number of nitrogens with one attached hydrogen (secondary N) is 1. The number of carbonyl (C=O) groups is 1. The average molecular weight is 234 g/mol. The number of rotatable bonds is 3. The topological polar surface area (TPSA) is 41.6 Å². The van der Waals surface area contributed by atoms with Crippen molar-refractivity contribution in [2.24, 2.45) is 0 Å². The maximum absolute atomic E-state index is 12.2. The molecule has 0 saturated heterocycles. The number of anilines is 1. The largest absolute Gasteiger partial charge is 0.479 e. The second kappa shape index (κ2) is 4.75. The first-order chi connectivity index (χ1) is 8.15. The number of amides is 1. The number of para-hydroxylation sites is 2. The Bertz CT molecular complexity index is 420. The van der Waals surface area contributed by atoms with Gasteiger partial charge in [-0.2, -0.15) is 0 Å². The van der Waals surface area contributed by atoms with Crippen LogP contribution in [0.3, 0.4) is 0 Å². The lowest BCUT2D eigenvalue weighted by molar-refractivity contribution is -0.126. The summed E-state index contributed by atoms with van der Waals surface area (Å²) in [6.07, 6.45) is -0.413. The Morgan fingerprint density at radius 1 is 1.47 bits per heavy atom. The van der Waals surface area contributed by atoms with Gasteiger partial charge in [-0.3, -0.25) is 4.79 Å². The molecule has 1 aromatic rings. The van der Waals surface area contributed by atoms with Gasteiger partial charge in [0.25, 0.3) is 5.91 Å². The fourth-order valence-electron chi connectivity index (χ4n) is 2.15. The van der Waals surface area contributed by atoms with Crippen LogP contribution in [-0.2, 0) is 4.79 Å². The molecule has 17 heavy (non-hydrogen) atoms. The number of ether oxygens (including phenoxy) is 1. The predicted octanol–water partition coefficient (Wildman–Crippen LogP) is 1.41. The number of benzene rings is 1. The van der Waals surface area contributed by atoms with E-state index in [0.717, 1.165) is 18.0 Å². The lowest BCUT2D eigenvalue weighted by Crippen LogP contribution is -2.51. The van der Waals surface area contributed by atoms with E-state index in [1.165, 1.54) is 0 Å². The Balaban J connectivity index is 2.38. The molecule has 2 unspecified atom stereocenters. The highest BCUT2D eigenvalue weighted by molar-refractivity contribution is 6.00. The number of hydrogen-bond donors (Lipinski definition) is 1. The SMILES string of the molecule is CNCC(C)N1C(=O)C(C)Oc2ccccc21. The van der Waals surface area contributed by atoms with Crippen molar-refractivity contribution < 1.29 is 9.53 Å². The summed E-state index contributed by atoms with van der Waals surface area (Å²) in [5, 5.41) is 3.10. The van der Waals surface area contributed by atoms with Crippen LogP contribution < -0.4 is 15.0 Å². The van der Waals surface area contributed by atoms with Crippen LogP contribution in [-0.4, -0.2) is 31.6 Å². The third kappa shape index (κ3) is 2.13. The molecule has 0 spiro atoms. The van der Waals surface area contributed by atoms with Crippen molar-refractivity contribution in [1.82, 2.24) is 5.32 Å². The van der Waals surface area contributed by atoms with Gasteiger partial charge in [0.1, 0.15) is 5.75 Å². The van der Waals surface area contributed by atoms with E-state index in [1.807, 2.05) is 43.1 Å². The summed E-state index contributed by atoms with van der Waals surface area (Å²) in [7, 11) is 1.89. The zero-order chi connectivity index (χ0) is 12.4. The van der Waals surface area contributed by atoms with Crippen molar-refractivity contribution in [2.75, 3.05) is 18.5 Å². The third-order valence-electron chi connectivity index (χ3n) is 2.95. The zero-order valence-corrected chi connectivity index (χ0v) is 10.4. The van der Waals surface area contributed by atoms with Crippen molar-refractivity contribution in [3.8, 4) is 5.75 Å². The summed E-state index contributed by atoms with van der Waals surface area (Å²) >= 11 is 0. The normalized spacial score (nSPS) is 20.8. The molecular weight excluding hydrogens is 216 g/mol. The Labute approximate surface area is 102 Å². The van der Waals surface area contributed by atoms with Gasteiger partial charge in [-0.1, -0.05) is 12.1 Å². The zero-order valence-electron chi connectivity index (χ0n) is 10.4. The summed E-state index contributed by atoms with van der Waals surface area (Å²) in [5.74, 6) is 0.800. The van der Waals surface area contributed by atoms with Gasteiger partial charge in [0, 0.05) is 12.6 Å². The molecule has 4 nitrogen and oxygen atoms in total. The van der Waals surface area contributed by atoms with Crippen LogP contribution >= 0.6 is 0 Å². The summed E-state index contributed by atoms with van der Waals surface area (Å²) in [4.78, 5) is 14.0. The molecule has 0 aliphatic carbocycles. The Kier molecular flexibility index (Phi) is 3.33. The van der Waals surface area contributed by atoms with Crippen LogP contribution in [0.15, 0.2) is 24.3 Å². The first kappa shape index (κ1) is 11.9. The predicted molar refractivity (Wildman–Crippen MR) is 67.4 cm³/mol. The van der Waals surface area contributed by atoms with Gasteiger partial charge in [0.2, 0.25) is 0 Å². The molecule has 1 amide bonds. The van der Waals surface area contributed by atoms with Crippen LogP contribution in [0.4, 0.5) is 5.69 Å². The molecule has 1 aliphatic rings. The first-order valence-electron chi connectivity index (χ1n) is 5.88. The number of carbonyl (C=O) groups excluding carboxylic acids is 1. The molecule has 2 atom stereocenters. The van der Waals surface area contributed by atoms with E-state index in [1.54, 1.807) is 6.92 Å². The van der Waals surface area contributed by atoms with Gasteiger partial charge >= 0.3 is 0 Å². The summed E-state index contributed by atoms with van der Waals surface area (Å²) in [5.41, 5.74) is 0.860. The number of fused-ring (bicyclic) bond motifs is 1. The minimum atomic E-state index is -0.413. The molecule has 0 radical (unpaired) electrons. The second-order valence-corrected chi connectivity index (χ2v) is 4.34. The van der Waals surface area contributed by atoms with Gasteiger partial charge in [-0.15, -0.1) is 0 Å². The van der Waals surface area contributed by atoms with E-state index in [-0.39, 0.29) is 11.9 Å². The Morgan fingerprint density at radius 3 is 2.88 bits per heavy atom. The molecule has 0 fully saturated rings. The Morgan fingerprint density at radius 2 is 2.18 bits per heavy atom. The molecular formula is C13H18N2O2. The maximum Gasteiger partial charge on any atom is 0.268 e. The van der Waals surface area contributed by atoms with Crippen molar-refractivity contribution in [2.45, 2.75) is 26.0 Å². The number of nitrogens with zero attached hydrogens (tertiary/aromatic N) is 1. The molecule has 0 aromatic heterocycles. The molecule has 1 N–H and O–H groups in total.